The van der Waals surface area contributed by atoms with Crippen molar-refractivity contribution < 1.29 is 0 Å². The Morgan fingerprint density at radius 1 is 1.33 bits per heavy atom. The lowest BCUT2D eigenvalue weighted by atomic mass is 10.3. The van der Waals surface area contributed by atoms with E-state index in [0.29, 0.717) is 4.87 Å². The number of thioether (sulfide) groups is 2. The average molecular weight is 161 g/mol. The fourth-order valence-corrected chi connectivity index (χ4v) is 4.01. The van der Waals surface area contributed by atoms with Gasteiger partial charge in [-0.1, -0.05) is 0 Å². The molecule has 9 heavy (non-hydrogen) atoms. The van der Waals surface area contributed by atoms with Gasteiger partial charge in [0.2, 0.25) is 0 Å². The van der Waals surface area contributed by atoms with Gasteiger partial charge >= 0.3 is 0 Å². The molecule has 0 unspecified atom stereocenters. The Labute approximate surface area is 64.3 Å². The third-order valence-corrected chi connectivity index (χ3v) is 5.05. The quantitative estimate of drug-likeness (QED) is 0.572. The third-order valence-electron chi connectivity index (χ3n) is 1.82. The molecule has 2 aliphatic heterocycles. The normalized spacial score (nSPS) is 32.0. The minimum atomic E-state index is 0.531. The first kappa shape index (κ1) is 6.38. The Morgan fingerprint density at radius 3 is 2.56 bits per heavy atom. The molecule has 1 nitrogen and oxygen atoms in total. The number of hydrogen-bond donors (Lipinski definition) is 1. The van der Waals surface area contributed by atoms with Crippen LogP contribution < -0.4 is 5.32 Å². The molecule has 1 spiro atoms. The van der Waals surface area contributed by atoms with Gasteiger partial charge in [-0.2, -0.15) is 11.8 Å². The molecular weight excluding hydrogens is 150 g/mol. The molecular formula is C6H11NS2. The maximum atomic E-state index is 3.57. The Balaban J connectivity index is 1.93. The molecule has 0 bridgehead atoms. The summed E-state index contributed by atoms with van der Waals surface area (Å²) in [6.45, 7) is 1.24. The van der Waals surface area contributed by atoms with E-state index in [-0.39, 0.29) is 0 Å². The lowest BCUT2D eigenvalue weighted by Gasteiger charge is -2.44. The highest BCUT2D eigenvalue weighted by Crippen LogP contribution is 2.40. The van der Waals surface area contributed by atoms with Crippen LogP contribution in [0.1, 0.15) is 6.42 Å². The van der Waals surface area contributed by atoms with Gasteiger partial charge in [0, 0.05) is 11.5 Å². The highest BCUT2D eigenvalue weighted by Gasteiger charge is 2.38. The Bertz CT molecular complexity index is 104. The molecule has 0 aromatic heterocycles. The van der Waals surface area contributed by atoms with Crippen molar-refractivity contribution in [3.8, 4) is 0 Å². The van der Waals surface area contributed by atoms with E-state index in [2.05, 4.69) is 28.8 Å². The van der Waals surface area contributed by atoms with Crippen molar-refractivity contribution in [2.24, 2.45) is 0 Å². The van der Waals surface area contributed by atoms with Gasteiger partial charge in [0.15, 0.2) is 0 Å². The van der Waals surface area contributed by atoms with Crippen molar-refractivity contribution in [1.29, 1.82) is 0 Å². The van der Waals surface area contributed by atoms with Gasteiger partial charge in [-0.25, -0.2) is 0 Å². The van der Waals surface area contributed by atoms with E-state index in [9.17, 15) is 0 Å². The van der Waals surface area contributed by atoms with E-state index in [0.717, 1.165) is 0 Å². The predicted octanol–water partition coefficient (Wildman–Crippen LogP) is 1.16. The fraction of sp³-hybridized carbons (Fsp3) is 1.00. The zero-order chi connectivity index (χ0) is 6.16. The summed E-state index contributed by atoms with van der Waals surface area (Å²) in [5.41, 5.74) is 0. The Morgan fingerprint density at radius 2 is 2.22 bits per heavy atom. The summed E-state index contributed by atoms with van der Waals surface area (Å²) >= 11 is 4.18. The van der Waals surface area contributed by atoms with Gasteiger partial charge in [0.25, 0.3) is 0 Å². The molecule has 0 aromatic carbocycles. The Kier molecular flexibility index (Phi) is 1.67. The highest BCUT2D eigenvalue weighted by atomic mass is 32.2. The van der Waals surface area contributed by atoms with Crippen molar-refractivity contribution in [1.82, 2.24) is 5.32 Å². The molecule has 2 heterocycles. The fourth-order valence-electron chi connectivity index (χ4n) is 1.18. The second kappa shape index (κ2) is 2.36. The van der Waals surface area contributed by atoms with Crippen molar-refractivity contribution in [3.05, 3.63) is 0 Å². The van der Waals surface area contributed by atoms with Crippen LogP contribution in [0.4, 0.5) is 0 Å². The van der Waals surface area contributed by atoms with Crippen molar-refractivity contribution in [2.45, 2.75) is 11.3 Å². The summed E-state index contributed by atoms with van der Waals surface area (Å²) in [6.07, 6.45) is 1.36. The van der Waals surface area contributed by atoms with Crippen molar-refractivity contribution in [3.63, 3.8) is 0 Å². The van der Waals surface area contributed by atoms with Gasteiger partial charge in [-0.15, -0.1) is 11.8 Å². The van der Waals surface area contributed by atoms with E-state index in [1.165, 1.54) is 30.2 Å². The molecule has 1 N–H and O–H groups in total. The second-order valence-electron chi connectivity index (χ2n) is 2.62. The summed E-state index contributed by atoms with van der Waals surface area (Å²) < 4.78 is 0. The van der Waals surface area contributed by atoms with Gasteiger partial charge in [0.05, 0.1) is 4.87 Å². The van der Waals surface area contributed by atoms with E-state index in [1.54, 1.807) is 0 Å². The largest absolute Gasteiger partial charge is 0.301 e. The lowest BCUT2D eigenvalue weighted by molar-refractivity contribution is 0.518. The van der Waals surface area contributed by atoms with Crippen molar-refractivity contribution in [2.75, 3.05) is 23.8 Å². The molecule has 0 amide bonds. The molecule has 0 atom stereocenters. The van der Waals surface area contributed by atoms with Gasteiger partial charge in [-0.3, -0.25) is 0 Å². The van der Waals surface area contributed by atoms with Crippen LogP contribution in [0.3, 0.4) is 0 Å². The molecule has 0 aliphatic carbocycles. The SMILES string of the molecule is C1CNC2(CSC2)SC1. The predicted molar refractivity (Wildman–Crippen MR) is 45.1 cm³/mol. The molecule has 0 saturated carbocycles. The topological polar surface area (TPSA) is 12.0 Å². The highest BCUT2D eigenvalue weighted by molar-refractivity contribution is 8.08. The van der Waals surface area contributed by atoms with Crippen LogP contribution in [0.5, 0.6) is 0 Å². The van der Waals surface area contributed by atoms with Crippen LogP contribution in [0.2, 0.25) is 0 Å². The summed E-state index contributed by atoms with van der Waals surface area (Å²) in [4.78, 5) is 0.531. The average Bonchev–Trinajstić information content (AvgIpc) is 1.87. The smallest absolute Gasteiger partial charge is 0.0827 e. The Hall–Kier alpha value is 0.660. The number of nitrogens with one attached hydrogen (secondary N) is 1. The first-order valence-electron chi connectivity index (χ1n) is 3.38. The molecule has 3 heteroatoms. The molecule has 2 aliphatic rings. The van der Waals surface area contributed by atoms with Crippen LogP contribution in [0.25, 0.3) is 0 Å². The zero-order valence-corrected chi connectivity index (χ0v) is 6.99. The molecule has 0 radical (unpaired) electrons. The lowest BCUT2D eigenvalue weighted by Crippen LogP contribution is -2.55. The summed E-state index contributed by atoms with van der Waals surface area (Å²) in [5.74, 6) is 4.03. The number of rotatable bonds is 0. The molecule has 2 rings (SSSR count). The molecule has 2 saturated heterocycles. The maximum Gasteiger partial charge on any atom is 0.0827 e. The minimum absolute atomic E-state index is 0.531. The van der Waals surface area contributed by atoms with Crippen molar-refractivity contribution >= 4 is 23.5 Å². The first-order chi connectivity index (χ1) is 4.41. The zero-order valence-electron chi connectivity index (χ0n) is 5.35. The standard InChI is InChI=1S/C6H11NS2/c1-2-7-6(9-3-1)4-8-5-6/h7H,1-5H2. The van der Waals surface area contributed by atoms with E-state index in [4.69, 9.17) is 0 Å². The van der Waals surface area contributed by atoms with Gasteiger partial charge in [0.1, 0.15) is 0 Å². The second-order valence-corrected chi connectivity index (χ2v) is 5.08. The van der Waals surface area contributed by atoms with Crippen LogP contribution in [-0.4, -0.2) is 28.7 Å². The molecule has 0 aromatic rings. The maximum absolute atomic E-state index is 3.57. The van der Waals surface area contributed by atoms with Crippen LogP contribution in [0.15, 0.2) is 0 Å². The number of hydrogen-bond acceptors (Lipinski definition) is 3. The van der Waals surface area contributed by atoms with Crippen LogP contribution in [-0.2, 0) is 0 Å². The summed E-state index contributed by atoms with van der Waals surface area (Å²) in [7, 11) is 0. The van der Waals surface area contributed by atoms with E-state index >= 15 is 0 Å². The monoisotopic (exact) mass is 161 g/mol. The van der Waals surface area contributed by atoms with Crippen LogP contribution in [0, 0.1) is 0 Å². The molecule has 2 fully saturated rings. The van der Waals surface area contributed by atoms with E-state index < -0.39 is 0 Å². The van der Waals surface area contributed by atoms with Gasteiger partial charge in [-0.05, 0) is 18.7 Å². The van der Waals surface area contributed by atoms with E-state index in [1.807, 2.05) is 0 Å². The first-order valence-corrected chi connectivity index (χ1v) is 5.52. The summed E-state index contributed by atoms with van der Waals surface area (Å²) in [5, 5.41) is 3.57. The van der Waals surface area contributed by atoms with Crippen LogP contribution >= 0.6 is 23.5 Å². The minimum Gasteiger partial charge on any atom is -0.301 e. The third kappa shape index (κ3) is 1.10. The summed E-state index contributed by atoms with van der Waals surface area (Å²) in [6, 6.07) is 0. The molecule has 52 valence electrons. The van der Waals surface area contributed by atoms with Gasteiger partial charge < -0.3 is 5.32 Å².